The van der Waals surface area contributed by atoms with E-state index in [2.05, 4.69) is 18.3 Å². The van der Waals surface area contributed by atoms with Gasteiger partial charge in [0.05, 0.1) is 11.3 Å². The molecule has 0 radical (unpaired) electrons. The van der Waals surface area contributed by atoms with Crippen molar-refractivity contribution in [1.29, 1.82) is 5.26 Å². The summed E-state index contributed by atoms with van der Waals surface area (Å²) >= 11 is 1.64. The van der Waals surface area contributed by atoms with Crippen molar-refractivity contribution in [3.63, 3.8) is 0 Å². The zero-order chi connectivity index (χ0) is 15.2. The topological polar surface area (TPSA) is 35.8 Å². The molecule has 1 atom stereocenters. The third-order valence-corrected chi connectivity index (χ3v) is 4.10. The van der Waals surface area contributed by atoms with Gasteiger partial charge in [-0.1, -0.05) is 25.1 Å². The number of anilines is 1. The molecule has 0 amide bonds. The van der Waals surface area contributed by atoms with E-state index >= 15 is 0 Å². The number of nitrogens with one attached hydrogen (secondary N) is 1. The Labute approximate surface area is 129 Å². The van der Waals surface area contributed by atoms with Crippen LogP contribution in [-0.2, 0) is 0 Å². The number of rotatable bonds is 5. The van der Waals surface area contributed by atoms with Gasteiger partial charge in [-0.25, -0.2) is 4.39 Å². The van der Waals surface area contributed by atoms with Crippen molar-refractivity contribution in [2.75, 3.05) is 11.1 Å². The second-order valence-corrected chi connectivity index (χ2v) is 5.95. The Hall–Kier alpha value is -1.99. The molecule has 0 fully saturated rings. The average Bonchev–Trinajstić information content (AvgIpc) is 2.48. The molecule has 0 aliphatic rings. The highest BCUT2D eigenvalue weighted by atomic mass is 32.2. The zero-order valence-corrected chi connectivity index (χ0v) is 12.9. The number of hydrogen-bond donors (Lipinski definition) is 1. The first-order valence-corrected chi connectivity index (χ1v) is 7.82. The van der Waals surface area contributed by atoms with E-state index in [1.807, 2.05) is 31.2 Å². The Morgan fingerprint density at radius 2 is 2.05 bits per heavy atom. The first-order chi connectivity index (χ1) is 10.2. The summed E-state index contributed by atoms with van der Waals surface area (Å²) in [5.41, 5.74) is 2.28. The molecule has 0 saturated carbocycles. The van der Waals surface area contributed by atoms with Crippen molar-refractivity contribution in [3.8, 4) is 6.07 Å². The summed E-state index contributed by atoms with van der Waals surface area (Å²) in [6.07, 6.45) is 0. The molecule has 0 aromatic heterocycles. The molecule has 2 nitrogen and oxygen atoms in total. The monoisotopic (exact) mass is 300 g/mol. The summed E-state index contributed by atoms with van der Waals surface area (Å²) in [5.74, 6) is 0.661. The van der Waals surface area contributed by atoms with E-state index in [-0.39, 0.29) is 11.9 Å². The Bertz CT molecular complexity index is 664. The van der Waals surface area contributed by atoms with Crippen LogP contribution in [0.5, 0.6) is 0 Å². The van der Waals surface area contributed by atoms with E-state index < -0.39 is 0 Å². The first kappa shape index (κ1) is 15.4. The van der Waals surface area contributed by atoms with Crippen LogP contribution in [0.4, 0.5) is 10.1 Å². The number of thioether (sulfide) groups is 1. The lowest BCUT2D eigenvalue weighted by Gasteiger charge is -2.18. The van der Waals surface area contributed by atoms with E-state index in [0.717, 1.165) is 21.9 Å². The number of nitriles is 1. The molecule has 2 aromatic rings. The largest absolute Gasteiger partial charge is 0.377 e. The minimum atomic E-state index is -0.253. The first-order valence-electron chi connectivity index (χ1n) is 6.83. The Morgan fingerprint density at radius 1 is 1.29 bits per heavy atom. The smallest absolute Gasteiger partial charge is 0.123 e. The third kappa shape index (κ3) is 3.77. The molecule has 108 valence electrons. The number of halogens is 1. The summed E-state index contributed by atoms with van der Waals surface area (Å²) in [4.78, 5) is 0.969. The molecule has 1 N–H and O–H groups in total. The molecule has 21 heavy (non-hydrogen) atoms. The minimum absolute atomic E-state index is 0.0744. The average molecular weight is 300 g/mol. The molecular formula is C17H17FN2S. The van der Waals surface area contributed by atoms with Crippen LogP contribution in [0.15, 0.2) is 47.4 Å². The molecular weight excluding hydrogens is 283 g/mol. The Morgan fingerprint density at radius 3 is 2.71 bits per heavy atom. The minimum Gasteiger partial charge on any atom is -0.377 e. The predicted molar refractivity (Wildman–Crippen MR) is 86.0 cm³/mol. The molecule has 0 heterocycles. The standard InChI is InChI=1S/C17H17FN2S/c1-3-21-17-9-5-8-16(15(17)11-19)20-12(2)13-6-4-7-14(18)10-13/h4-10,12,20H,3H2,1-2H3. The SMILES string of the molecule is CCSc1cccc(NC(C)c2cccc(F)c2)c1C#N. The van der Waals surface area contributed by atoms with Gasteiger partial charge in [-0.2, -0.15) is 5.26 Å². The van der Waals surface area contributed by atoms with Crippen LogP contribution < -0.4 is 5.32 Å². The summed E-state index contributed by atoms with van der Waals surface area (Å²) in [6.45, 7) is 4.01. The second kappa shape index (κ2) is 7.14. The maximum absolute atomic E-state index is 13.3. The van der Waals surface area contributed by atoms with Gasteiger partial charge in [0.2, 0.25) is 0 Å². The lowest BCUT2D eigenvalue weighted by Crippen LogP contribution is -2.08. The fraction of sp³-hybridized carbons (Fsp3) is 0.235. The molecule has 0 spiro atoms. The highest BCUT2D eigenvalue weighted by Crippen LogP contribution is 2.30. The van der Waals surface area contributed by atoms with Crippen molar-refractivity contribution in [2.45, 2.75) is 24.8 Å². The normalized spacial score (nSPS) is 11.7. The van der Waals surface area contributed by atoms with Crippen LogP contribution in [-0.4, -0.2) is 5.75 Å². The van der Waals surface area contributed by atoms with Gasteiger partial charge < -0.3 is 5.32 Å². The summed E-state index contributed by atoms with van der Waals surface area (Å²) in [7, 11) is 0. The molecule has 1 unspecified atom stereocenters. The Kier molecular flexibility index (Phi) is 5.24. The van der Waals surface area contributed by atoms with E-state index in [0.29, 0.717) is 5.56 Å². The number of benzene rings is 2. The number of nitrogens with zero attached hydrogens (tertiary/aromatic N) is 1. The van der Waals surface area contributed by atoms with Crippen LogP contribution >= 0.6 is 11.8 Å². The second-order valence-electron chi connectivity index (χ2n) is 4.64. The van der Waals surface area contributed by atoms with Crippen molar-refractivity contribution in [1.82, 2.24) is 0 Å². The molecule has 4 heteroatoms. The van der Waals surface area contributed by atoms with Gasteiger partial charge in [0.15, 0.2) is 0 Å². The fourth-order valence-electron chi connectivity index (χ4n) is 2.14. The van der Waals surface area contributed by atoms with Gasteiger partial charge in [0.25, 0.3) is 0 Å². The van der Waals surface area contributed by atoms with Crippen LogP contribution in [0.1, 0.15) is 31.0 Å². The van der Waals surface area contributed by atoms with Gasteiger partial charge in [0.1, 0.15) is 11.9 Å². The van der Waals surface area contributed by atoms with Crippen LogP contribution in [0.3, 0.4) is 0 Å². The van der Waals surface area contributed by atoms with Gasteiger partial charge >= 0.3 is 0 Å². The lowest BCUT2D eigenvalue weighted by atomic mass is 10.1. The highest BCUT2D eigenvalue weighted by molar-refractivity contribution is 7.99. The van der Waals surface area contributed by atoms with Crippen molar-refractivity contribution >= 4 is 17.4 Å². The zero-order valence-electron chi connectivity index (χ0n) is 12.1. The molecule has 0 aliphatic heterocycles. The molecule has 2 aromatic carbocycles. The van der Waals surface area contributed by atoms with Crippen molar-refractivity contribution < 1.29 is 4.39 Å². The predicted octanol–water partition coefficient (Wildman–Crippen LogP) is 4.98. The van der Waals surface area contributed by atoms with Gasteiger partial charge in [0, 0.05) is 10.9 Å². The van der Waals surface area contributed by atoms with Crippen LogP contribution in [0.25, 0.3) is 0 Å². The van der Waals surface area contributed by atoms with E-state index in [4.69, 9.17) is 0 Å². The maximum Gasteiger partial charge on any atom is 0.123 e. The van der Waals surface area contributed by atoms with Crippen molar-refractivity contribution in [2.24, 2.45) is 0 Å². The van der Waals surface area contributed by atoms with E-state index in [9.17, 15) is 9.65 Å². The van der Waals surface area contributed by atoms with Gasteiger partial charge in [-0.05, 0) is 42.5 Å². The van der Waals surface area contributed by atoms with Gasteiger partial charge in [-0.15, -0.1) is 11.8 Å². The van der Waals surface area contributed by atoms with Crippen molar-refractivity contribution in [3.05, 3.63) is 59.4 Å². The van der Waals surface area contributed by atoms with Crippen LogP contribution in [0, 0.1) is 17.1 Å². The van der Waals surface area contributed by atoms with E-state index in [1.54, 1.807) is 17.8 Å². The molecule has 0 aliphatic carbocycles. The molecule has 0 bridgehead atoms. The van der Waals surface area contributed by atoms with Gasteiger partial charge in [-0.3, -0.25) is 0 Å². The van der Waals surface area contributed by atoms with Crippen LogP contribution in [0.2, 0.25) is 0 Å². The molecule has 0 saturated heterocycles. The summed E-state index contributed by atoms with van der Waals surface area (Å²) in [5, 5.41) is 12.7. The third-order valence-electron chi connectivity index (χ3n) is 3.16. The quantitative estimate of drug-likeness (QED) is 0.791. The summed E-state index contributed by atoms with van der Waals surface area (Å²) in [6, 6.07) is 14.4. The fourth-order valence-corrected chi connectivity index (χ4v) is 2.92. The summed E-state index contributed by atoms with van der Waals surface area (Å²) < 4.78 is 13.3. The highest BCUT2D eigenvalue weighted by Gasteiger charge is 2.12. The molecule has 2 rings (SSSR count). The lowest BCUT2D eigenvalue weighted by molar-refractivity contribution is 0.623. The Balaban J connectivity index is 2.27. The van der Waals surface area contributed by atoms with E-state index in [1.165, 1.54) is 12.1 Å². The maximum atomic E-state index is 13.3. The number of hydrogen-bond acceptors (Lipinski definition) is 3.